The number of amides is 1. The van der Waals surface area contributed by atoms with Crippen LogP contribution in [0.3, 0.4) is 0 Å². The Bertz CT molecular complexity index is 611. The summed E-state index contributed by atoms with van der Waals surface area (Å²) in [5.41, 5.74) is 5.12. The van der Waals surface area contributed by atoms with E-state index in [1.807, 2.05) is 0 Å². The number of rotatable bonds is 4. The zero-order valence-electron chi connectivity index (χ0n) is 12.9. The summed E-state index contributed by atoms with van der Waals surface area (Å²) in [6.45, 7) is 6.69. The van der Waals surface area contributed by atoms with Gasteiger partial charge in [-0.3, -0.25) is 0 Å². The second-order valence-corrected chi connectivity index (χ2v) is 6.90. The van der Waals surface area contributed by atoms with Gasteiger partial charge >= 0.3 is 6.09 Å². The van der Waals surface area contributed by atoms with Gasteiger partial charge in [0.1, 0.15) is 22.1 Å². The molecule has 120 valence electrons. The predicted molar refractivity (Wildman–Crippen MR) is 83.0 cm³/mol. The highest BCUT2D eigenvalue weighted by molar-refractivity contribution is 9.10. The average Bonchev–Trinajstić information content (AvgIpc) is 2.36. The molecule has 2 N–H and O–H groups in total. The summed E-state index contributed by atoms with van der Waals surface area (Å²) in [5.74, 6) is -0.498. The number of nitrogens with zero attached hydrogens (tertiary/aromatic N) is 2. The third kappa shape index (κ3) is 5.20. The van der Waals surface area contributed by atoms with Crippen LogP contribution in [0.1, 0.15) is 33.3 Å². The van der Waals surface area contributed by atoms with Crippen molar-refractivity contribution in [3.63, 3.8) is 0 Å². The van der Waals surface area contributed by atoms with Crippen LogP contribution >= 0.6 is 15.9 Å². The molecule has 0 aliphatic carbocycles. The van der Waals surface area contributed by atoms with Crippen molar-refractivity contribution >= 4 is 22.0 Å². The fraction of sp³-hybridized carbons (Fsp3) is 0.500. The smallest absolute Gasteiger partial charge is 0.408 e. The largest absolute Gasteiger partial charge is 0.444 e. The van der Waals surface area contributed by atoms with E-state index in [4.69, 9.17) is 10.3 Å². The van der Waals surface area contributed by atoms with Gasteiger partial charge < -0.3 is 10.1 Å². The van der Waals surface area contributed by atoms with Crippen molar-refractivity contribution < 1.29 is 13.9 Å². The summed E-state index contributed by atoms with van der Waals surface area (Å²) < 4.78 is 20.0. The summed E-state index contributed by atoms with van der Waals surface area (Å²) >= 11 is 3.27. The standard InChI is InChI=1S/C14H18BrFN4O2/c1-13(2,3)22-12(21)19-14(4,8-18-20-17)10-7-9(15)5-6-11(10)16/h5-7,17H,8H2,1-4H3/p+1/t14-/m0/s1. The minimum absolute atomic E-state index is 0.0941. The van der Waals surface area contributed by atoms with Crippen molar-refractivity contribution in [1.29, 1.82) is 5.53 Å². The molecule has 0 radical (unpaired) electrons. The Hall–Kier alpha value is -1.79. The Morgan fingerprint density at radius 3 is 2.64 bits per heavy atom. The van der Waals surface area contributed by atoms with E-state index in [1.54, 1.807) is 39.8 Å². The molecule has 0 bridgehead atoms. The van der Waals surface area contributed by atoms with Crippen LogP contribution in [-0.4, -0.2) is 18.2 Å². The summed E-state index contributed by atoms with van der Waals surface area (Å²) in [6.07, 6.45) is -0.699. The van der Waals surface area contributed by atoms with Gasteiger partial charge in [0, 0.05) is 10.0 Å². The van der Waals surface area contributed by atoms with E-state index in [2.05, 4.69) is 31.3 Å². The molecule has 1 rings (SSSR count). The van der Waals surface area contributed by atoms with Gasteiger partial charge in [0.25, 0.3) is 0 Å². The fourth-order valence-corrected chi connectivity index (χ4v) is 2.18. The summed E-state index contributed by atoms with van der Waals surface area (Å²) in [4.78, 5) is 14.9. The Morgan fingerprint density at radius 2 is 2.09 bits per heavy atom. The molecule has 8 heteroatoms. The first-order chi connectivity index (χ1) is 10.1. The lowest BCUT2D eigenvalue weighted by Crippen LogP contribution is -2.48. The summed E-state index contributed by atoms with van der Waals surface area (Å²) in [6, 6.07) is 4.39. The molecule has 0 saturated carbocycles. The van der Waals surface area contributed by atoms with E-state index in [0.717, 1.165) is 0 Å². The van der Waals surface area contributed by atoms with Crippen LogP contribution in [0.5, 0.6) is 0 Å². The zero-order chi connectivity index (χ0) is 17.0. The van der Waals surface area contributed by atoms with E-state index in [9.17, 15) is 9.18 Å². The number of carbonyl (C=O) groups excluding carboxylic acids is 1. The van der Waals surface area contributed by atoms with Crippen LogP contribution in [0.25, 0.3) is 0 Å². The molecule has 0 aliphatic heterocycles. The van der Waals surface area contributed by atoms with Crippen molar-refractivity contribution in [3.8, 4) is 0 Å². The fourth-order valence-electron chi connectivity index (χ4n) is 1.82. The van der Waals surface area contributed by atoms with E-state index < -0.39 is 23.1 Å². The highest BCUT2D eigenvalue weighted by Gasteiger charge is 2.35. The lowest BCUT2D eigenvalue weighted by Gasteiger charge is -2.30. The number of halogens is 2. The molecule has 0 spiro atoms. The lowest BCUT2D eigenvalue weighted by molar-refractivity contribution is 0.0463. The minimum atomic E-state index is -1.19. The second kappa shape index (κ2) is 6.98. The van der Waals surface area contributed by atoms with Crippen LogP contribution in [0.15, 0.2) is 27.8 Å². The molecule has 6 nitrogen and oxygen atoms in total. The molecular weight excluding hydrogens is 355 g/mol. The third-order valence-electron chi connectivity index (χ3n) is 2.76. The molecule has 0 aliphatic rings. The molecule has 0 aromatic heterocycles. The molecule has 1 atom stereocenters. The summed E-state index contributed by atoms with van der Waals surface area (Å²) in [7, 11) is 0. The van der Waals surface area contributed by atoms with Gasteiger partial charge in [-0.05, 0) is 45.9 Å². The molecule has 0 unspecified atom stereocenters. The molecule has 0 heterocycles. The average molecular weight is 374 g/mol. The summed E-state index contributed by atoms with van der Waals surface area (Å²) in [5, 5.41) is 6.19. The number of hydrogen-bond donors (Lipinski definition) is 2. The van der Waals surface area contributed by atoms with Gasteiger partial charge in [-0.25, -0.2) is 9.18 Å². The number of hydrogen-bond acceptors (Lipinski definition) is 4. The van der Waals surface area contributed by atoms with Crippen LogP contribution in [0, 0.1) is 11.3 Å². The highest BCUT2D eigenvalue weighted by atomic mass is 79.9. The quantitative estimate of drug-likeness (QED) is 0.619. The first-order valence-electron chi connectivity index (χ1n) is 6.57. The second-order valence-electron chi connectivity index (χ2n) is 5.98. The molecular formula is C14H19BrFN4O2+. The number of alkyl carbamates (subject to hydrolysis) is 1. The van der Waals surface area contributed by atoms with E-state index >= 15 is 0 Å². The number of benzene rings is 1. The van der Waals surface area contributed by atoms with Gasteiger partial charge in [0.05, 0.1) is 5.54 Å². The Kier molecular flexibility index (Phi) is 5.79. The monoisotopic (exact) mass is 373 g/mol. The maximum atomic E-state index is 14.1. The highest BCUT2D eigenvalue weighted by Crippen LogP contribution is 2.27. The van der Waals surface area contributed by atoms with Gasteiger partial charge in [-0.1, -0.05) is 15.9 Å². The predicted octanol–water partition coefficient (Wildman–Crippen LogP) is 3.88. The maximum absolute atomic E-state index is 14.1. The Balaban J connectivity index is 3.17. The van der Waals surface area contributed by atoms with Crippen LogP contribution < -0.4 is 10.2 Å². The molecule has 0 saturated heterocycles. The van der Waals surface area contributed by atoms with E-state index in [0.29, 0.717) is 4.47 Å². The van der Waals surface area contributed by atoms with E-state index in [-0.39, 0.29) is 12.1 Å². The molecule has 1 aromatic rings. The van der Waals surface area contributed by atoms with Crippen LogP contribution in [-0.2, 0) is 10.3 Å². The normalized spacial score (nSPS) is 13.7. The van der Waals surface area contributed by atoms with Crippen molar-refractivity contribution in [2.75, 3.05) is 6.54 Å². The minimum Gasteiger partial charge on any atom is -0.444 e. The van der Waals surface area contributed by atoms with Gasteiger partial charge in [-0.2, -0.15) is 0 Å². The number of nitrogens with one attached hydrogen (secondary N) is 2. The molecule has 22 heavy (non-hydrogen) atoms. The lowest BCUT2D eigenvalue weighted by atomic mass is 9.91. The van der Waals surface area contributed by atoms with Crippen LogP contribution in [0.4, 0.5) is 9.18 Å². The molecule has 0 fully saturated rings. The van der Waals surface area contributed by atoms with Gasteiger partial charge in [-0.15, -0.1) is 0 Å². The van der Waals surface area contributed by atoms with Crippen molar-refractivity contribution in [2.45, 2.75) is 38.8 Å². The SMILES string of the molecule is CC(C)(C)OC(=O)N[C@@](C)(CN=[N+]=N)c1cc(Br)ccc1F. The molecule has 1 aromatic carbocycles. The third-order valence-corrected chi connectivity index (χ3v) is 3.25. The number of ether oxygens (including phenoxy) is 1. The first-order valence-corrected chi connectivity index (χ1v) is 7.36. The van der Waals surface area contributed by atoms with Crippen molar-refractivity contribution in [3.05, 3.63) is 34.1 Å². The Labute approximate surface area is 136 Å². The molecule has 1 amide bonds. The zero-order valence-corrected chi connectivity index (χ0v) is 14.5. The van der Waals surface area contributed by atoms with Crippen LogP contribution in [0.2, 0.25) is 0 Å². The van der Waals surface area contributed by atoms with Crippen molar-refractivity contribution in [2.24, 2.45) is 5.11 Å². The number of carbonyl (C=O) groups is 1. The van der Waals surface area contributed by atoms with E-state index in [1.165, 1.54) is 6.07 Å². The van der Waals surface area contributed by atoms with Gasteiger partial charge in [0.2, 0.25) is 4.91 Å². The Morgan fingerprint density at radius 1 is 1.45 bits per heavy atom. The topological polar surface area (TPSA) is 88.6 Å². The first kappa shape index (κ1) is 18.3. The van der Waals surface area contributed by atoms with Crippen molar-refractivity contribution in [1.82, 2.24) is 10.2 Å². The van der Waals surface area contributed by atoms with Gasteiger partial charge in [0.15, 0.2) is 6.54 Å². The maximum Gasteiger partial charge on any atom is 0.408 e.